The average molecular weight is 516 g/mol. The molecule has 0 spiro atoms. The maximum absolute atomic E-state index is 13.4. The lowest BCUT2D eigenvalue weighted by molar-refractivity contribution is -0.0161. The first kappa shape index (κ1) is 26.3. The fourth-order valence-corrected chi connectivity index (χ4v) is 4.45. The molecule has 10 heteroatoms. The zero-order valence-corrected chi connectivity index (χ0v) is 22.0. The first-order chi connectivity index (χ1) is 17.2. The quantitative estimate of drug-likeness (QED) is 0.416. The van der Waals surface area contributed by atoms with E-state index in [-0.39, 0.29) is 17.6 Å². The van der Waals surface area contributed by atoms with Crippen LogP contribution in [0.15, 0.2) is 30.7 Å². The smallest absolute Gasteiger partial charge is 0.253 e. The maximum Gasteiger partial charge on any atom is 0.253 e. The summed E-state index contributed by atoms with van der Waals surface area (Å²) in [6.07, 6.45) is 5.42. The zero-order chi connectivity index (χ0) is 25.7. The number of morpholine rings is 1. The molecule has 0 aliphatic carbocycles. The van der Waals surface area contributed by atoms with Gasteiger partial charge in [-0.15, -0.1) is 0 Å². The second-order valence-corrected chi connectivity index (χ2v) is 10.1. The van der Waals surface area contributed by atoms with Crippen LogP contribution in [0.5, 0.6) is 5.75 Å². The summed E-state index contributed by atoms with van der Waals surface area (Å²) in [6, 6.07) is 3.44. The van der Waals surface area contributed by atoms with E-state index in [0.717, 1.165) is 29.6 Å². The molecule has 194 valence electrons. The molecule has 1 aliphatic rings. The van der Waals surface area contributed by atoms with Crippen LogP contribution in [0.3, 0.4) is 0 Å². The molecule has 4 rings (SSSR count). The van der Waals surface area contributed by atoms with E-state index >= 15 is 0 Å². The Kier molecular flexibility index (Phi) is 8.46. The minimum atomic E-state index is -0.273. The summed E-state index contributed by atoms with van der Waals surface area (Å²) in [4.78, 5) is 27.5. The first-order valence-corrected chi connectivity index (χ1v) is 12.6. The first-order valence-electron chi connectivity index (χ1n) is 12.2. The SMILES string of the molecule is Cc1ncc(C(CNC(=O)c2cc(OCCOC(C)(C)C)c3[nH]ccc3c2Cl)N2CCOCC2)cn1. The van der Waals surface area contributed by atoms with Crippen molar-refractivity contribution in [2.24, 2.45) is 0 Å². The highest BCUT2D eigenvalue weighted by Crippen LogP contribution is 2.34. The third kappa shape index (κ3) is 6.53. The molecule has 3 heterocycles. The molecule has 1 aromatic carbocycles. The highest BCUT2D eigenvalue weighted by Gasteiger charge is 2.25. The number of ether oxygens (including phenoxy) is 3. The lowest BCUT2D eigenvalue weighted by atomic mass is 10.1. The predicted octanol–water partition coefficient (Wildman–Crippen LogP) is 3.92. The molecule has 1 aliphatic heterocycles. The lowest BCUT2D eigenvalue weighted by Crippen LogP contribution is -2.44. The van der Waals surface area contributed by atoms with Gasteiger partial charge in [0.05, 0.1) is 47.6 Å². The van der Waals surface area contributed by atoms with Gasteiger partial charge in [-0.2, -0.15) is 0 Å². The minimum Gasteiger partial charge on any atom is -0.489 e. The lowest BCUT2D eigenvalue weighted by Gasteiger charge is -2.34. The molecule has 1 unspecified atom stereocenters. The maximum atomic E-state index is 13.4. The van der Waals surface area contributed by atoms with Gasteiger partial charge in [-0.3, -0.25) is 9.69 Å². The molecule has 1 saturated heterocycles. The number of carbonyl (C=O) groups excluding carboxylic acids is 1. The van der Waals surface area contributed by atoms with Gasteiger partial charge in [-0.05, 0) is 39.8 Å². The van der Waals surface area contributed by atoms with E-state index in [1.165, 1.54) is 0 Å². The fraction of sp³-hybridized carbons (Fsp3) is 0.500. The molecule has 2 aromatic heterocycles. The summed E-state index contributed by atoms with van der Waals surface area (Å²) in [5.41, 5.74) is 1.79. The van der Waals surface area contributed by atoms with Crippen LogP contribution >= 0.6 is 11.6 Å². The van der Waals surface area contributed by atoms with Gasteiger partial charge in [-0.25, -0.2) is 9.97 Å². The number of fused-ring (bicyclic) bond motifs is 1. The van der Waals surface area contributed by atoms with E-state index in [1.807, 2.05) is 46.2 Å². The molecule has 0 radical (unpaired) electrons. The number of halogens is 1. The third-order valence-electron chi connectivity index (χ3n) is 5.99. The summed E-state index contributed by atoms with van der Waals surface area (Å²) in [5.74, 6) is 0.986. The summed E-state index contributed by atoms with van der Waals surface area (Å²) in [5, 5.41) is 4.18. The third-order valence-corrected chi connectivity index (χ3v) is 6.40. The van der Waals surface area contributed by atoms with Crippen LogP contribution in [0.1, 0.15) is 48.6 Å². The van der Waals surface area contributed by atoms with Gasteiger partial charge < -0.3 is 24.5 Å². The van der Waals surface area contributed by atoms with Crippen molar-refractivity contribution in [1.29, 1.82) is 0 Å². The highest BCUT2D eigenvalue weighted by molar-refractivity contribution is 6.38. The molecule has 9 nitrogen and oxygen atoms in total. The Bertz CT molecular complexity index is 1170. The van der Waals surface area contributed by atoms with Gasteiger partial charge in [0.1, 0.15) is 18.2 Å². The van der Waals surface area contributed by atoms with Gasteiger partial charge in [0.15, 0.2) is 0 Å². The number of aromatic amines is 1. The van der Waals surface area contributed by atoms with E-state index in [2.05, 4.69) is 25.2 Å². The van der Waals surface area contributed by atoms with Crippen molar-refractivity contribution in [3.63, 3.8) is 0 Å². The molecule has 36 heavy (non-hydrogen) atoms. The van der Waals surface area contributed by atoms with E-state index in [9.17, 15) is 4.79 Å². The Morgan fingerprint density at radius 3 is 2.67 bits per heavy atom. The van der Waals surface area contributed by atoms with Gasteiger partial charge >= 0.3 is 0 Å². The van der Waals surface area contributed by atoms with Gasteiger partial charge in [-0.1, -0.05) is 11.6 Å². The largest absolute Gasteiger partial charge is 0.489 e. The molecule has 1 fully saturated rings. The van der Waals surface area contributed by atoms with E-state index in [4.69, 9.17) is 25.8 Å². The zero-order valence-electron chi connectivity index (χ0n) is 21.3. The van der Waals surface area contributed by atoms with Crippen molar-refractivity contribution in [2.45, 2.75) is 39.3 Å². The summed E-state index contributed by atoms with van der Waals surface area (Å²) < 4.78 is 17.3. The Hall–Kier alpha value is -2.72. The van der Waals surface area contributed by atoms with Crippen LogP contribution in [0.2, 0.25) is 5.02 Å². The van der Waals surface area contributed by atoms with Gasteiger partial charge in [0, 0.05) is 49.2 Å². The Morgan fingerprint density at radius 1 is 1.25 bits per heavy atom. The normalized spacial score (nSPS) is 15.7. The van der Waals surface area contributed by atoms with E-state index in [1.54, 1.807) is 12.3 Å². The fourth-order valence-electron chi connectivity index (χ4n) is 4.15. The standard InChI is InChI=1S/C26H34ClN5O4/c1-17-29-14-18(15-30-17)21(32-7-9-34-10-8-32)16-31-25(33)20-13-22(35-11-12-36-26(2,3)4)24-19(23(20)27)5-6-28-24/h5-6,13-15,21,28H,7-12,16H2,1-4H3,(H,31,33). The Morgan fingerprint density at radius 2 is 1.97 bits per heavy atom. The van der Waals surface area contributed by atoms with E-state index < -0.39 is 0 Å². The number of rotatable bonds is 9. The number of benzene rings is 1. The van der Waals surface area contributed by atoms with Gasteiger partial charge in [0.25, 0.3) is 5.91 Å². The van der Waals surface area contributed by atoms with Crippen molar-refractivity contribution in [1.82, 2.24) is 25.2 Å². The minimum absolute atomic E-state index is 0.0847. The number of nitrogens with one attached hydrogen (secondary N) is 2. The number of aryl methyl sites for hydroxylation is 1. The number of hydrogen-bond acceptors (Lipinski definition) is 7. The monoisotopic (exact) mass is 515 g/mol. The van der Waals surface area contributed by atoms with Crippen molar-refractivity contribution in [2.75, 3.05) is 46.1 Å². The molecule has 1 atom stereocenters. The summed E-state index contributed by atoms with van der Waals surface area (Å²) in [7, 11) is 0. The number of carbonyl (C=O) groups is 1. The molecular weight excluding hydrogens is 482 g/mol. The second-order valence-electron chi connectivity index (χ2n) is 9.75. The number of amides is 1. The van der Waals surface area contributed by atoms with Gasteiger partial charge in [0.2, 0.25) is 0 Å². The molecule has 1 amide bonds. The number of H-pyrrole nitrogens is 1. The molecule has 0 saturated carbocycles. The number of aromatic nitrogens is 3. The van der Waals surface area contributed by atoms with Crippen LogP contribution in [0.25, 0.3) is 10.9 Å². The van der Waals surface area contributed by atoms with Crippen molar-refractivity contribution >= 4 is 28.4 Å². The second kappa shape index (κ2) is 11.6. The van der Waals surface area contributed by atoms with Crippen LogP contribution in [0.4, 0.5) is 0 Å². The molecular formula is C26H34ClN5O4. The highest BCUT2D eigenvalue weighted by atomic mass is 35.5. The van der Waals surface area contributed by atoms with Crippen molar-refractivity contribution < 1.29 is 19.0 Å². The average Bonchev–Trinajstić information content (AvgIpc) is 3.35. The topological polar surface area (TPSA) is 102 Å². The Labute approximate surface area is 216 Å². The van der Waals surface area contributed by atoms with Crippen LogP contribution in [0, 0.1) is 6.92 Å². The van der Waals surface area contributed by atoms with Crippen LogP contribution in [-0.2, 0) is 9.47 Å². The molecule has 2 N–H and O–H groups in total. The summed E-state index contributed by atoms with van der Waals surface area (Å²) in [6.45, 7) is 11.8. The van der Waals surface area contributed by atoms with Crippen LogP contribution < -0.4 is 10.1 Å². The summed E-state index contributed by atoms with van der Waals surface area (Å²) >= 11 is 6.66. The number of hydrogen-bond donors (Lipinski definition) is 2. The predicted molar refractivity (Wildman–Crippen MR) is 139 cm³/mol. The Balaban J connectivity index is 1.51. The molecule has 0 bridgehead atoms. The molecule has 3 aromatic rings. The van der Waals surface area contributed by atoms with Crippen molar-refractivity contribution in [3.05, 3.63) is 52.7 Å². The van der Waals surface area contributed by atoms with Crippen LogP contribution in [-0.4, -0.2) is 77.4 Å². The number of nitrogens with zero attached hydrogens (tertiary/aromatic N) is 3. The van der Waals surface area contributed by atoms with Crippen molar-refractivity contribution in [3.8, 4) is 5.75 Å². The van der Waals surface area contributed by atoms with E-state index in [0.29, 0.717) is 55.1 Å².